The second-order valence-electron chi connectivity index (χ2n) is 11.5. The normalized spacial score (nSPS) is 16.6. The van der Waals surface area contributed by atoms with Crippen LogP contribution in [0.1, 0.15) is 35.4 Å². The van der Waals surface area contributed by atoms with E-state index in [1.54, 1.807) is 49.5 Å². The number of carbonyl (C=O) groups excluding carboxylic acids is 2. The number of anilines is 2. The van der Waals surface area contributed by atoms with Crippen molar-refractivity contribution < 1.29 is 37.4 Å². The fourth-order valence-electron chi connectivity index (χ4n) is 6.17. The van der Waals surface area contributed by atoms with Crippen molar-refractivity contribution in [3.63, 3.8) is 0 Å². The van der Waals surface area contributed by atoms with Crippen LogP contribution in [0.2, 0.25) is 0 Å². The van der Waals surface area contributed by atoms with Crippen LogP contribution in [0.5, 0.6) is 5.75 Å². The van der Waals surface area contributed by atoms with Gasteiger partial charge in [0, 0.05) is 31.9 Å². The minimum atomic E-state index is -4.78. The van der Waals surface area contributed by atoms with E-state index < -0.39 is 35.5 Å². The Kier molecular flexibility index (Phi) is 8.13. The summed E-state index contributed by atoms with van der Waals surface area (Å²) in [4.78, 5) is 55.3. The zero-order valence-corrected chi connectivity index (χ0v) is 25.4. The van der Waals surface area contributed by atoms with E-state index in [-0.39, 0.29) is 30.1 Å². The van der Waals surface area contributed by atoms with Crippen molar-refractivity contribution in [1.29, 1.82) is 0 Å². The number of piperidine rings is 1. The van der Waals surface area contributed by atoms with Crippen LogP contribution in [-0.4, -0.2) is 61.7 Å². The number of nitrogens with zero attached hydrogens (tertiary/aromatic N) is 6. The second kappa shape index (κ2) is 12.1. The highest BCUT2D eigenvalue weighted by Gasteiger charge is 2.60. The molecular weight excluding hydrogens is 617 g/mol. The molecule has 1 spiro atoms. The highest BCUT2D eigenvalue weighted by molar-refractivity contribution is 6.30. The lowest BCUT2D eigenvalue weighted by Gasteiger charge is -2.41. The molecular formula is C33H29F3N6O5. The van der Waals surface area contributed by atoms with E-state index in [9.17, 15) is 27.6 Å². The Bertz CT molecular complexity index is 1860. The van der Waals surface area contributed by atoms with E-state index in [1.807, 2.05) is 19.1 Å². The Morgan fingerprint density at radius 1 is 0.957 bits per heavy atom. The topological polar surface area (TPSA) is 129 Å². The summed E-state index contributed by atoms with van der Waals surface area (Å²) in [5.41, 5.74) is 1.65. The molecule has 242 valence electrons. The van der Waals surface area contributed by atoms with Crippen LogP contribution in [-0.2, 0) is 17.5 Å². The van der Waals surface area contributed by atoms with Crippen LogP contribution in [0.4, 0.5) is 34.3 Å². The number of pyridine rings is 1. The van der Waals surface area contributed by atoms with Crippen LogP contribution < -0.4 is 14.5 Å². The minimum Gasteiger partial charge on any atom is -0.449 e. The van der Waals surface area contributed by atoms with E-state index >= 15 is 0 Å². The summed E-state index contributed by atoms with van der Waals surface area (Å²) in [5.74, 6) is -0.700. The zero-order valence-electron chi connectivity index (χ0n) is 25.4. The first-order chi connectivity index (χ1) is 22.4. The van der Waals surface area contributed by atoms with Crippen molar-refractivity contribution in [2.45, 2.75) is 44.9 Å². The number of likely N-dealkylation sites (tertiary alicyclic amines) is 1. The maximum atomic E-state index is 14.3. The van der Waals surface area contributed by atoms with Crippen molar-refractivity contribution in [1.82, 2.24) is 19.9 Å². The fraction of sp³-hybridized carbons (Fsp3) is 0.273. The second-order valence-corrected chi connectivity index (χ2v) is 11.5. The van der Waals surface area contributed by atoms with Gasteiger partial charge < -0.3 is 9.84 Å². The molecule has 11 nitrogen and oxygen atoms in total. The van der Waals surface area contributed by atoms with Gasteiger partial charge in [0.05, 0.1) is 11.4 Å². The third kappa shape index (κ3) is 5.99. The summed E-state index contributed by atoms with van der Waals surface area (Å²) in [7, 11) is 0. The molecule has 4 heterocycles. The lowest BCUT2D eigenvalue weighted by Crippen LogP contribution is -2.57. The lowest BCUT2D eigenvalue weighted by molar-refractivity contribution is -0.141. The Labute approximate surface area is 267 Å². The van der Waals surface area contributed by atoms with Gasteiger partial charge in [-0.2, -0.15) is 13.2 Å². The maximum absolute atomic E-state index is 14.3. The van der Waals surface area contributed by atoms with Crippen molar-refractivity contribution in [2.75, 3.05) is 22.9 Å². The van der Waals surface area contributed by atoms with Gasteiger partial charge >= 0.3 is 18.4 Å². The number of urea groups is 1. The summed E-state index contributed by atoms with van der Waals surface area (Å²) in [6.45, 7) is 5.03. The molecule has 47 heavy (non-hydrogen) atoms. The van der Waals surface area contributed by atoms with Crippen LogP contribution in [0.15, 0.2) is 73.2 Å². The number of ether oxygens (including phenoxy) is 1. The van der Waals surface area contributed by atoms with Gasteiger partial charge in [0.1, 0.15) is 29.1 Å². The van der Waals surface area contributed by atoms with E-state index in [0.29, 0.717) is 25.7 Å². The van der Waals surface area contributed by atoms with Crippen LogP contribution in [0, 0.1) is 13.8 Å². The number of carbonyl (C=O) groups is 3. The number of rotatable bonds is 6. The van der Waals surface area contributed by atoms with Crippen molar-refractivity contribution in [3.05, 3.63) is 95.7 Å². The van der Waals surface area contributed by atoms with E-state index in [0.717, 1.165) is 44.1 Å². The molecule has 2 aromatic heterocycles. The molecule has 2 aromatic carbocycles. The zero-order chi connectivity index (χ0) is 33.5. The van der Waals surface area contributed by atoms with Crippen molar-refractivity contribution in [2.24, 2.45) is 0 Å². The number of halogens is 3. The summed E-state index contributed by atoms with van der Waals surface area (Å²) in [6.07, 6.45) is -3.45. The van der Waals surface area contributed by atoms with Gasteiger partial charge in [-0.3, -0.25) is 19.6 Å². The Morgan fingerprint density at radius 2 is 1.68 bits per heavy atom. The maximum Gasteiger partial charge on any atom is 0.511 e. The fourth-order valence-corrected chi connectivity index (χ4v) is 6.17. The third-order valence-electron chi connectivity index (χ3n) is 8.60. The summed E-state index contributed by atoms with van der Waals surface area (Å²) < 4.78 is 45.7. The average molecular weight is 647 g/mol. The summed E-state index contributed by atoms with van der Waals surface area (Å²) >= 11 is 0. The van der Waals surface area contributed by atoms with Crippen molar-refractivity contribution >= 4 is 29.6 Å². The Balaban J connectivity index is 1.33. The predicted octanol–water partition coefficient (Wildman–Crippen LogP) is 6.24. The Hall–Kier alpha value is -5.37. The first kappa shape index (κ1) is 31.6. The van der Waals surface area contributed by atoms with Gasteiger partial charge in [-0.15, -0.1) is 0 Å². The van der Waals surface area contributed by atoms with Gasteiger partial charge in [-0.05, 0) is 79.3 Å². The van der Waals surface area contributed by atoms with Crippen molar-refractivity contribution in [3.8, 4) is 16.9 Å². The average Bonchev–Trinajstić information content (AvgIpc) is 3.24. The molecule has 2 saturated heterocycles. The van der Waals surface area contributed by atoms with Gasteiger partial charge in [0.15, 0.2) is 0 Å². The van der Waals surface area contributed by atoms with E-state index in [1.165, 1.54) is 6.07 Å². The number of benzene rings is 2. The monoisotopic (exact) mass is 646 g/mol. The van der Waals surface area contributed by atoms with Crippen LogP contribution >= 0.6 is 0 Å². The molecule has 14 heteroatoms. The highest BCUT2D eigenvalue weighted by Crippen LogP contribution is 2.43. The molecule has 0 saturated carbocycles. The Morgan fingerprint density at radius 3 is 2.32 bits per heavy atom. The molecule has 0 aliphatic carbocycles. The van der Waals surface area contributed by atoms with E-state index in [2.05, 4.69) is 19.9 Å². The predicted molar refractivity (Wildman–Crippen MR) is 164 cm³/mol. The minimum absolute atomic E-state index is 0.160. The molecule has 6 rings (SSSR count). The molecule has 3 amide bonds. The number of hydrogen-bond donors (Lipinski definition) is 1. The first-order valence-electron chi connectivity index (χ1n) is 14.7. The standard InChI is InChI=1S/C33H29F3N6O5/c1-20-4-3-13-37-26(20)18-40-14-11-32(12-15-40)29(43)41(30(44)42(32)28-17-27(33(34,35)36)38-19-39-28)23-7-5-22(6-8-23)25-10-9-24(16-21(25)2)47-31(45)46/h3-10,13,16-17,19H,11-12,14-15,18H2,1-2H3,(H,45,46). The molecule has 2 fully saturated rings. The third-order valence-corrected chi connectivity index (χ3v) is 8.60. The molecule has 1 N–H and O–H groups in total. The number of carboxylic acid groups (broad SMARTS) is 1. The smallest absolute Gasteiger partial charge is 0.449 e. The van der Waals surface area contributed by atoms with Gasteiger partial charge in [-0.1, -0.05) is 24.3 Å². The number of hydrogen-bond acceptors (Lipinski definition) is 8. The van der Waals surface area contributed by atoms with Gasteiger partial charge in [-0.25, -0.2) is 24.5 Å². The SMILES string of the molecule is Cc1cc(OC(=O)O)ccc1-c1ccc(N2C(=O)N(c3cc(C(F)(F)F)ncn3)C3(CCN(Cc4ncccc4C)CC3)C2=O)cc1. The molecule has 0 unspecified atom stereocenters. The molecule has 4 aromatic rings. The number of aromatic nitrogens is 3. The quantitative estimate of drug-likeness (QED) is 0.147. The lowest BCUT2D eigenvalue weighted by atomic mass is 9.85. The summed E-state index contributed by atoms with van der Waals surface area (Å²) in [6, 6.07) is 15.0. The molecule has 2 aliphatic rings. The van der Waals surface area contributed by atoms with E-state index in [4.69, 9.17) is 9.84 Å². The van der Waals surface area contributed by atoms with Gasteiger partial charge in [0.25, 0.3) is 5.91 Å². The molecule has 0 bridgehead atoms. The highest BCUT2D eigenvalue weighted by atomic mass is 19.4. The number of aryl methyl sites for hydroxylation is 2. The largest absolute Gasteiger partial charge is 0.511 e. The number of alkyl halides is 3. The molecule has 2 aliphatic heterocycles. The summed E-state index contributed by atoms with van der Waals surface area (Å²) in [5, 5.41) is 8.89. The first-order valence-corrected chi connectivity index (χ1v) is 14.7. The molecule has 0 radical (unpaired) electrons. The van der Waals surface area contributed by atoms with Crippen LogP contribution in [0.25, 0.3) is 11.1 Å². The number of imide groups is 1. The van der Waals surface area contributed by atoms with Gasteiger partial charge in [0.2, 0.25) is 0 Å². The van der Waals surface area contributed by atoms with Crippen LogP contribution in [0.3, 0.4) is 0 Å². The molecule has 0 atom stereocenters. The number of amides is 3.